The number of nitrogens with one attached hydrogen (secondary N) is 1. The molecule has 2 heterocycles. The predicted octanol–water partition coefficient (Wildman–Crippen LogP) is 2.73. The number of nitrogens with zero attached hydrogens (tertiary/aromatic N) is 1. The fraction of sp³-hybridized carbons (Fsp3) is 0.545. The van der Waals surface area contributed by atoms with Gasteiger partial charge in [0.2, 0.25) is 0 Å². The monoisotopic (exact) mass is 208 g/mol. The summed E-state index contributed by atoms with van der Waals surface area (Å²) in [6, 6.07) is 4.27. The molecule has 0 spiro atoms. The molecule has 0 aliphatic carbocycles. The first-order valence-electron chi connectivity index (χ1n) is 5.11. The highest BCUT2D eigenvalue weighted by Crippen LogP contribution is 2.31. The minimum absolute atomic E-state index is 0.745. The fourth-order valence-electron chi connectivity index (χ4n) is 1.83. The SMILES string of the molecule is CNc1ccc(C2CCSCC2)cn1. The lowest BCUT2D eigenvalue weighted by atomic mass is 9.95. The molecule has 3 heteroatoms. The lowest BCUT2D eigenvalue weighted by Crippen LogP contribution is -2.08. The molecule has 0 unspecified atom stereocenters. The molecule has 0 amide bonds. The molecule has 14 heavy (non-hydrogen) atoms. The summed E-state index contributed by atoms with van der Waals surface area (Å²) in [5.74, 6) is 4.31. The number of thioether (sulfide) groups is 1. The molecule has 1 aliphatic rings. The van der Waals surface area contributed by atoms with Gasteiger partial charge in [0.05, 0.1) is 0 Å². The van der Waals surface area contributed by atoms with Gasteiger partial charge in [-0.2, -0.15) is 11.8 Å². The van der Waals surface area contributed by atoms with Crippen molar-refractivity contribution < 1.29 is 0 Å². The summed E-state index contributed by atoms with van der Waals surface area (Å²) in [5, 5.41) is 3.04. The molecular weight excluding hydrogens is 192 g/mol. The van der Waals surface area contributed by atoms with Gasteiger partial charge in [-0.05, 0) is 41.9 Å². The van der Waals surface area contributed by atoms with Gasteiger partial charge in [-0.15, -0.1) is 0 Å². The Kier molecular flexibility index (Phi) is 3.30. The molecule has 0 aromatic carbocycles. The third-order valence-corrected chi connectivity index (χ3v) is 3.78. The Morgan fingerprint density at radius 1 is 1.36 bits per heavy atom. The summed E-state index contributed by atoms with van der Waals surface area (Å²) in [6.07, 6.45) is 4.64. The maximum absolute atomic E-state index is 4.35. The maximum Gasteiger partial charge on any atom is 0.125 e. The number of pyridine rings is 1. The van der Waals surface area contributed by atoms with E-state index in [2.05, 4.69) is 34.2 Å². The summed E-state index contributed by atoms with van der Waals surface area (Å²) < 4.78 is 0. The molecule has 1 aromatic rings. The molecule has 0 atom stereocenters. The minimum Gasteiger partial charge on any atom is -0.373 e. The van der Waals surface area contributed by atoms with E-state index in [-0.39, 0.29) is 0 Å². The largest absolute Gasteiger partial charge is 0.373 e. The highest BCUT2D eigenvalue weighted by Gasteiger charge is 2.15. The van der Waals surface area contributed by atoms with E-state index in [1.807, 2.05) is 13.2 Å². The molecular formula is C11H16N2S. The second-order valence-electron chi connectivity index (χ2n) is 3.61. The van der Waals surface area contributed by atoms with Crippen molar-refractivity contribution in [3.63, 3.8) is 0 Å². The summed E-state index contributed by atoms with van der Waals surface area (Å²) in [5.41, 5.74) is 1.41. The van der Waals surface area contributed by atoms with Gasteiger partial charge < -0.3 is 5.32 Å². The van der Waals surface area contributed by atoms with Crippen LogP contribution >= 0.6 is 11.8 Å². The van der Waals surface area contributed by atoms with Gasteiger partial charge in [-0.25, -0.2) is 4.98 Å². The average molecular weight is 208 g/mol. The van der Waals surface area contributed by atoms with Crippen LogP contribution in [0.2, 0.25) is 0 Å². The summed E-state index contributed by atoms with van der Waals surface area (Å²) in [4.78, 5) is 4.35. The van der Waals surface area contributed by atoms with Gasteiger partial charge in [0.1, 0.15) is 5.82 Å². The number of hydrogen-bond donors (Lipinski definition) is 1. The van der Waals surface area contributed by atoms with Gasteiger partial charge in [-0.3, -0.25) is 0 Å². The van der Waals surface area contributed by atoms with Crippen LogP contribution in [0.15, 0.2) is 18.3 Å². The molecule has 0 saturated carbocycles. The topological polar surface area (TPSA) is 24.9 Å². The van der Waals surface area contributed by atoms with Gasteiger partial charge >= 0.3 is 0 Å². The van der Waals surface area contributed by atoms with Crippen LogP contribution in [0.1, 0.15) is 24.3 Å². The molecule has 2 nitrogen and oxygen atoms in total. The summed E-state index contributed by atoms with van der Waals surface area (Å²) in [6.45, 7) is 0. The zero-order chi connectivity index (χ0) is 9.80. The smallest absolute Gasteiger partial charge is 0.125 e. The lowest BCUT2D eigenvalue weighted by Gasteiger charge is -2.21. The first kappa shape index (κ1) is 9.84. The quantitative estimate of drug-likeness (QED) is 0.809. The normalized spacial score (nSPS) is 18.1. The van der Waals surface area contributed by atoms with Crippen LogP contribution in [0.3, 0.4) is 0 Å². The zero-order valence-corrected chi connectivity index (χ0v) is 9.31. The summed E-state index contributed by atoms with van der Waals surface area (Å²) >= 11 is 2.07. The van der Waals surface area contributed by atoms with Crippen LogP contribution in [0.4, 0.5) is 5.82 Å². The van der Waals surface area contributed by atoms with Crippen LogP contribution in [-0.4, -0.2) is 23.5 Å². The van der Waals surface area contributed by atoms with E-state index in [1.54, 1.807) is 0 Å². The van der Waals surface area contributed by atoms with Crippen molar-refractivity contribution in [2.45, 2.75) is 18.8 Å². The Morgan fingerprint density at radius 3 is 2.71 bits per heavy atom. The van der Waals surface area contributed by atoms with Gasteiger partial charge in [0.25, 0.3) is 0 Å². The van der Waals surface area contributed by atoms with Crippen LogP contribution in [0.25, 0.3) is 0 Å². The van der Waals surface area contributed by atoms with Crippen molar-refractivity contribution in [2.24, 2.45) is 0 Å². The number of anilines is 1. The molecule has 0 radical (unpaired) electrons. The molecule has 1 saturated heterocycles. The van der Waals surface area contributed by atoms with Crippen molar-refractivity contribution in [3.8, 4) is 0 Å². The molecule has 1 N–H and O–H groups in total. The van der Waals surface area contributed by atoms with E-state index in [0.717, 1.165) is 11.7 Å². The number of hydrogen-bond acceptors (Lipinski definition) is 3. The Hall–Kier alpha value is -0.700. The standard InChI is InChI=1S/C11H16N2S/c1-12-11-3-2-10(8-13-11)9-4-6-14-7-5-9/h2-3,8-9H,4-7H2,1H3,(H,12,13). The third kappa shape index (κ3) is 2.21. The number of aromatic nitrogens is 1. The molecule has 1 fully saturated rings. The Labute approximate surface area is 89.5 Å². The maximum atomic E-state index is 4.35. The van der Waals surface area contributed by atoms with Crippen molar-refractivity contribution in [1.29, 1.82) is 0 Å². The Bertz CT molecular complexity index is 278. The third-order valence-electron chi connectivity index (χ3n) is 2.74. The highest BCUT2D eigenvalue weighted by molar-refractivity contribution is 7.99. The van der Waals surface area contributed by atoms with Gasteiger partial charge in [-0.1, -0.05) is 6.07 Å². The van der Waals surface area contributed by atoms with E-state index >= 15 is 0 Å². The van der Waals surface area contributed by atoms with Crippen molar-refractivity contribution in [1.82, 2.24) is 4.98 Å². The minimum atomic E-state index is 0.745. The highest BCUT2D eigenvalue weighted by atomic mass is 32.2. The van der Waals surface area contributed by atoms with Crippen LogP contribution < -0.4 is 5.32 Å². The molecule has 1 aliphatic heterocycles. The second kappa shape index (κ2) is 4.69. The second-order valence-corrected chi connectivity index (χ2v) is 4.84. The van der Waals surface area contributed by atoms with Crippen LogP contribution in [0, 0.1) is 0 Å². The van der Waals surface area contributed by atoms with E-state index < -0.39 is 0 Å². The van der Waals surface area contributed by atoms with E-state index in [4.69, 9.17) is 0 Å². The molecule has 0 bridgehead atoms. The average Bonchev–Trinajstić information content (AvgIpc) is 2.30. The zero-order valence-electron chi connectivity index (χ0n) is 8.49. The molecule has 1 aromatic heterocycles. The van der Waals surface area contributed by atoms with E-state index in [9.17, 15) is 0 Å². The van der Waals surface area contributed by atoms with E-state index in [1.165, 1.54) is 29.9 Å². The van der Waals surface area contributed by atoms with Crippen molar-refractivity contribution >= 4 is 17.6 Å². The van der Waals surface area contributed by atoms with Gasteiger partial charge in [0, 0.05) is 13.2 Å². The predicted molar refractivity (Wildman–Crippen MR) is 63.1 cm³/mol. The van der Waals surface area contributed by atoms with Gasteiger partial charge in [0.15, 0.2) is 0 Å². The molecule has 2 rings (SSSR count). The Morgan fingerprint density at radius 2 is 2.14 bits per heavy atom. The molecule has 76 valence electrons. The van der Waals surface area contributed by atoms with Crippen molar-refractivity contribution in [3.05, 3.63) is 23.9 Å². The van der Waals surface area contributed by atoms with Crippen molar-refractivity contribution in [2.75, 3.05) is 23.9 Å². The summed E-state index contributed by atoms with van der Waals surface area (Å²) in [7, 11) is 1.90. The number of rotatable bonds is 2. The fourth-order valence-corrected chi connectivity index (χ4v) is 2.93. The first-order chi connectivity index (χ1) is 6.90. The Balaban J connectivity index is 2.07. The van der Waals surface area contributed by atoms with Crippen LogP contribution in [0.5, 0.6) is 0 Å². The first-order valence-corrected chi connectivity index (χ1v) is 6.27. The lowest BCUT2D eigenvalue weighted by molar-refractivity contribution is 0.635. The van der Waals surface area contributed by atoms with Crippen LogP contribution in [-0.2, 0) is 0 Å². The van der Waals surface area contributed by atoms with E-state index in [0.29, 0.717) is 0 Å².